The summed E-state index contributed by atoms with van der Waals surface area (Å²) in [5.74, 6) is -0.620. The Hall–Kier alpha value is -3.39. The van der Waals surface area contributed by atoms with Crippen molar-refractivity contribution < 1.29 is 17.6 Å². The Balaban J connectivity index is 1.72. The van der Waals surface area contributed by atoms with Crippen molar-refractivity contribution in [1.82, 2.24) is 20.1 Å². The van der Waals surface area contributed by atoms with Gasteiger partial charge in [0.15, 0.2) is 5.82 Å². The fraction of sp³-hybridized carbons (Fsp3) is 0.409. The molecule has 1 saturated carbocycles. The van der Waals surface area contributed by atoms with E-state index in [2.05, 4.69) is 26.8 Å². The molecule has 3 aromatic rings. The normalized spacial score (nSPS) is 15.9. The highest BCUT2D eigenvalue weighted by molar-refractivity contribution is 5.91. The van der Waals surface area contributed by atoms with Gasteiger partial charge in [-0.1, -0.05) is 13.0 Å². The van der Waals surface area contributed by atoms with Gasteiger partial charge < -0.3 is 15.6 Å². The molecule has 174 valence electrons. The summed E-state index contributed by atoms with van der Waals surface area (Å²) in [6.45, 7) is 1.52. The average Bonchev–Trinajstić information content (AvgIpc) is 3.53. The van der Waals surface area contributed by atoms with Crippen molar-refractivity contribution in [2.24, 2.45) is 5.92 Å². The van der Waals surface area contributed by atoms with Gasteiger partial charge in [0.2, 0.25) is 0 Å². The van der Waals surface area contributed by atoms with Gasteiger partial charge in [0.05, 0.1) is 24.0 Å². The van der Waals surface area contributed by atoms with Crippen molar-refractivity contribution in [3.05, 3.63) is 52.2 Å². The minimum absolute atomic E-state index is 0.0146. The third-order valence-electron chi connectivity index (χ3n) is 5.72. The number of aromatic amines is 1. The molecule has 33 heavy (non-hydrogen) atoms. The minimum atomic E-state index is -4.66. The van der Waals surface area contributed by atoms with Crippen LogP contribution in [0.1, 0.15) is 43.8 Å². The number of hydrogen-bond donors (Lipinski definition) is 3. The molecular formula is C22H22F4N6O. The molecule has 4 rings (SSSR count). The SMILES string of the molecule is CCN[C@H](c1ccc(Nc2nn(C(CC#N)C3CC3)c3cc[nH]c(=O)c23)cc1F)C(F)(F)F. The lowest BCUT2D eigenvalue weighted by Crippen LogP contribution is -2.34. The van der Waals surface area contributed by atoms with Gasteiger partial charge in [0.1, 0.15) is 17.2 Å². The second-order valence-corrected chi connectivity index (χ2v) is 8.02. The molecule has 2 atom stereocenters. The number of nitriles is 1. The largest absolute Gasteiger partial charge is 0.408 e. The Morgan fingerprint density at radius 2 is 2.09 bits per heavy atom. The van der Waals surface area contributed by atoms with Crippen molar-refractivity contribution in [3.8, 4) is 6.07 Å². The second-order valence-electron chi connectivity index (χ2n) is 8.02. The van der Waals surface area contributed by atoms with E-state index in [1.807, 2.05) is 0 Å². The first-order valence-electron chi connectivity index (χ1n) is 10.6. The Morgan fingerprint density at radius 1 is 1.33 bits per heavy atom. The van der Waals surface area contributed by atoms with Crippen LogP contribution in [0.2, 0.25) is 0 Å². The van der Waals surface area contributed by atoms with E-state index in [0.717, 1.165) is 25.0 Å². The molecule has 0 aliphatic heterocycles. The van der Waals surface area contributed by atoms with E-state index in [0.29, 0.717) is 5.52 Å². The van der Waals surface area contributed by atoms with E-state index >= 15 is 0 Å². The molecule has 2 aromatic heterocycles. The number of rotatable bonds is 8. The standard InChI is InChI=1S/C22H22F4N6O/c1-2-28-19(22(24,25)26)14-6-5-13(11-15(14)23)30-20-18-17(8-10-29-21(18)33)32(31-20)16(7-9-27)12-3-4-12/h5-6,8,10-12,16,19,28H,2-4,7H2,1H3,(H,29,33)(H,30,31)/t16?,19-/m1/s1. The molecule has 1 aromatic carbocycles. The van der Waals surface area contributed by atoms with Gasteiger partial charge in [-0.05, 0) is 43.5 Å². The molecule has 0 spiro atoms. The first kappa shape index (κ1) is 22.8. The van der Waals surface area contributed by atoms with Crippen LogP contribution in [-0.2, 0) is 0 Å². The van der Waals surface area contributed by atoms with Gasteiger partial charge in [-0.3, -0.25) is 9.48 Å². The maximum atomic E-state index is 14.7. The van der Waals surface area contributed by atoms with Gasteiger partial charge in [0, 0.05) is 17.4 Å². The number of anilines is 2. The Labute approximate surface area is 186 Å². The molecule has 1 unspecified atom stereocenters. The highest BCUT2D eigenvalue weighted by Crippen LogP contribution is 2.43. The molecule has 0 radical (unpaired) electrons. The van der Waals surface area contributed by atoms with E-state index in [1.165, 1.54) is 19.2 Å². The number of H-pyrrole nitrogens is 1. The van der Waals surface area contributed by atoms with Gasteiger partial charge >= 0.3 is 6.18 Å². The van der Waals surface area contributed by atoms with Crippen LogP contribution in [0.4, 0.5) is 29.1 Å². The maximum Gasteiger partial charge on any atom is 0.408 e. The molecule has 7 nitrogen and oxygen atoms in total. The number of alkyl halides is 3. The fourth-order valence-corrected chi connectivity index (χ4v) is 4.05. The van der Waals surface area contributed by atoms with Gasteiger partial charge in [-0.15, -0.1) is 0 Å². The lowest BCUT2D eigenvalue weighted by atomic mass is 10.0. The Morgan fingerprint density at radius 3 is 2.70 bits per heavy atom. The molecule has 2 heterocycles. The summed E-state index contributed by atoms with van der Waals surface area (Å²) >= 11 is 0. The summed E-state index contributed by atoms with van der Waals surface area (Å²) in [5.41, 5.74) is -0.276. The second kappa shape index (κ2) is 8.86. The molecule has 1 aliphatic carbocycles. The predicted molar refractivity (Wildman–Crippen MR) is 115 cm³/mol. The number of halogens is 4. The fourth-order valence-electron chi connectivity index (χ4n) is 4.05. The summed E-state index contributed by atoms with van der Waals surface area (Å²) in [4.78, 5) is 15.1. The van der Waals surface area contributed by atoms with Crippen LogP contribution in [0.3, 0.4) is 0 Å². The minimum Gasteiger partial charge on any atom is -0.338 e. The molecule has 0 saturated heterocycles. The van der Waals surface area contributed by atoms with Crippen molar-refractivity contribution in [1.29, 1.82) is 5.26 Å². The summed E-state index contributed by atoms with van der Waals surface area (Å²) in [6, 6.07) is 4.81. The summed E-state index contributed by atoms with van der Waals surface area (Å²) in [5, 5.41) is 19.1. The molecule has 1 fully saturated rings. The Bertz CT molecular complexity index is 1250. The predicted octanol–water partition coefficient (Wildman–Crippen LogP) is 4.68. The Kier molecular flexibility index (Phi) is 6.12. The van der Waals surface area contributed by atoms with E-state index in [4.69, 9.17) is 0 Å². The zero-order chi connectivity index (χ0) is 23.8. The average molecular weight is 462 g/mol. The van der Waals surface area contributed by atoms with Gasteiger partial charge in [0.25, 0.3) is 5.56 Å². The van der Waals surface area contributed by atoms with Gasteiger partial charge in [-0.2, -0.15) is 23.5 Å². The topological polar surface area (TPSA) is 98.5 Å². The zero-order valence-corrected chi connectivity index (χ0v) is 17.7. The first-order chi connectivity index (χ1) is 15.7. The smallest absolute Gasteiger partial charge is 0.338 e. The number of hydrogen-bond acceptors (Lipinski definition) is 5. The van der Waals surface area contributed by atoms with E-state index in [9.17, 15) is 27.6 Å². The molecular weight excluding hydrogens is 440 g/mol. The first-order valence-corrected chi connectivity index (χ1v) is 10.6. The van der Waals surface area contributed by atoms with Crippen LogP contribution in [0.25, 0.3) is 10.9 Å². The third kappa shape index (κ3) is 4.57. The van der Waals surface area contributed by atoms with Crippen LogP contribution >= 0.6 is 0 Å². The van der Waals surface area contributed by atoms with Crippen molar-refractivity contribution >= 4 is 22.4 Å². The number of aromatic nitrogens is 3. The van der Waals surface area contributed by atoms with E-state index in [-0.39, 0.29) is 41.8 Å². The van der Waals surface area contributed by atoms with Crippen molar-refractivity contribution in [2.75, 3.05) is 11.9 Å². The molecule has 11 heteroatoms. The summed E-state index contributed by atoms with van der Waals surface area (Å²) in [6.07, 6.45) is -1.04. The highest BCUT2D eigenvalue weighted by Gasteiger charge is 2.41. The van der Waals surface area contributed by atoms with Crippen LogP contribution in [0.15, 0.2) is 35.3 Å². The number of pyridine rings is 1. The number of nitrogens with zero attached hydrogens (tertiary/aromatic N) is 3. The van der Waals surface area contributed by atoms with Crippen LogP contribution < -0.4 is 16.2 Å². The molecule has 1 aliphatic rings. The lowest BCUT2D eigenvalue weighted by Gasteiger charge is -2.22. The molecule has 0 bridgehead atoms. The van der Waals surface area contributed by atoms with E-state index in [1.54, 1.807) is 10.7 Å². The number of nitrogens with one attached hydrogen (secondary N) is 3. The summed E-state index contributed by atoms with van der Waals surface area (Å²) < 4.78 is 56.3. The quantitative estimate of drug-likeness (QED) is 0.422. The third-order valence-corrected chi connectivity index (χ3v) is 5.72. The molecule has 3 N–H and O–H groups in total. The van der Waals surface area contributed by atoms with Crippen LogP contribution in [0.5, 0.6) is 0 Å². The molecule has 0 amide bonds. The maximum absolute atomic E-state index is 14.7. The van der Waals surface area contributed by atoms with Crippen molar-refractivity contribution in [3.63, 3.8) is 0 Å². The lowest BCUT2D eigenvalue weighted by molar-refractivity contribution is -0.158. The highest BCUT2D eigenvalue weighted by atomic mass is 19.4. The van der Waals surface area contributed by atoms with Crippen LogP contribution in [-0.4, -0.2) is 27.5 Å². The summed E-state index contributed by atoms with van der Waals surface area (Å²) in [7, 11) is 0. The number of benzene rings is 1. The van der Waals surface area contributed by atoms with Crippen molar-refractivity contribution in [2.45, 2.75) is 44.4 Å². The van der Waals surface area contributed by atoms with E-state index < -0.39 is 29.2 Å². The number of fused-ring (bicyclic) bond motifs is 1. The monoisotopic (exact) mass is 462 g/mol. The van der Waals surface area contributed by atoms with Gasteiger partial charge in [-0.25, -0.2) is 4.39 Å². The zero-order valence-electron chi connectivity index (χ0n) is 17.7. The van der Waals surface area contributed by atoms with Crippen LogP contribution in [0, 0.1) is 23.1 Å².